The Morgan fingerprint density at radius 1 is 1.23 bits per heavy atom. The average Bonchev–Trinajstić information content (AvgIpc) is 2.76. The van der Waals surface area contributed by atoms with Gasteiger partial charge in [-0.15, -0.1) is 0 Å². The van der Waals surface area contributed by atoms with E-state index < -0.39 is 0 Å². The normalized spacial score (nSPS) is 20.5. The number of likely N-dealkylation sites (tertiary alicyclic amines) is 1. The highest BCUT2D eigenvalue weighted by Gasteiger charge is 2.26. The summed E-state index contributed by atoms with van der Waals surface area (Å²) in [5.41, 5.74) is 11.9. The fourth-order valence-corrected chi connectivity index (χ4v) is 4.51. The zero-order chi connectivity index (χ0) is 22.2. The molecule has 3 heterocycles. The van der Waals surface area contributed by atoms with Gasteiger partial charge in [-0.3, -0.25) is 9.59 Å². The predicted molar refractivity (Wildman–Crippen MR) is 121 cm³/mol. The van der Waals surface area contributed by atoms with Crippen molar-refractivity contribution in [2.24, 2.45) is 28.3 Å². The minimum Gasteiger partial charge on any atom is -0.370 e. The second-order valence-corrected chi connectivity index (χ2v) is 8.44. The Hall–Kier alpha value is -2.84. The van der Waals surface area contributed by atoms with Crippen LogP contribution in [0.4, 0.5) is 5.82 Å². The lowest BCUT2D eigenvalue weighted by molar-refractivity contribution is -0.122. The Balaban J connectivity index is 1.70. The van der Waals surface area contributed by atoms with Crippen molar-refractivity contribution in [3.8, 4) is 0 Å². The summed E-state index contributed by atoms with van der Waals surface area (Å²) in [6.45, 7) is 6.58. The van der Waals surface area contributed by atoms with Gasteiger partial charge in [-0.05, 0) is 44.6 Å². The molecule has 0 spiro atoms. The maximum absolute atomic E-state index is 11.5. The Morgan fingerprint density at radius 2 is 2.00 bits per heavy atom. The van der Waals surface area contributed by atoms with Gasteiger partial charge in [0.2, 0.25) is 11.8 Å². The zero-order valence-electron chi connectivity index (χ0n) is 18.4. The number of carbonyl (C=O) groups excluding carboxylic acids is 2. The van der Waals surface area contributed by atoms with E-state index in [0.29, 0.717) is 13.0 Å². The van der Waals surface area contributed by atoms with Crippen molar-refractivity contribution in [1.82, 2.24) is 15.2 Å². The second kappa shape index (κ2) is 11.0. The van der Waals surface area contributed by atoms with E-state index in [1.165, 1.54) is 0 Å². The van der Waals surface area contributed by atoms with Gasteiger partial charge in [0, 0.05) is 56.8 Å². The van der Waals surface area contributed by atoms with Crippen LogP contribution in [0.5, 0.6) is 0 Å². The molecular formula is C22H35N7O2. The average molecular weight is 430 g/mol. The molecular weight excluding hydrogens is 394 g/mol. The molecule has 0 aliphatic carbocycles. The van der Waals surface area contributed by atoms with Crippen LogP contribution in [0.3, 0.4) is 0 Å². The molecule has 1 unspecified atom stereocenters. The predicted octanol–water partition coefficient (Wildman–Crippen LogP) is 0.836. The molecule has 0 aromatic carbocycles. The van der Waals surface area contributed by atoms with Crippen LogP contribution in [-0.4, -0.2) is 60.4 Å². The number of nitrogens with one attached hydrogen (secondary N) is 1. The molecule has 5 N–H and O–H groups in total. The van der Waals surface area contributed by atoms with Gasteiger partial charge >= 0.3 is 0 Å². The van der Waals surface area contributed by atoms with E-state index in [2.05, 4.69) is 33.1 Å². The number of nitrogens with zero attached hydrogens (tertiary/aromatic N) is 4. The largest absolute Gasteiger partial charge is 0.370 e. The number of anilines is 1. The summed E-state index contributed by atoms with van der Waals surface area (Å²) in [5.74, 6) is 1.56. The summed E-state index contributed by atoms with van der Waals surface area (Å²) in [5, 5.41) is 3.39. The van der Waals surface area contributed by atoms with Gasteiger partial charge < -0.3 is 26.6 Å². The highest BCUT2D eigenvalue weighted by molar-refractivity contribution is 5.80. The minimum atomic E-state index is -0.242. The van der Waals surface area contributed by atoms with Gasteiger partial charge in [0.05, 0.1) is 6.54 Å². The fraction of sp³-hybridized carbons (Fsp3) is 0.636. The van der Waals surface area contributed by atoms with E-state index in [1.54, 1.807) is 6.20 Å². The SMILES string of the molecule is CCNC(=NCc1cccnc1N1CCC(C(N)=O)CC1)N1CCCC(CC(N)=O)C1. The van der Waals surface area contributed by atoms with Crippen LogP contribution in [0, 0.1) is 11.8 Å². The molecule has 1 aromatic rings. The highest BCUT2D eigenvalue weighted by Crippen LogP contribution is 2.25. The van der Waals surface area contributed by atoms with Crippen LogP contribution in [-0.2, 0) is 16.1 Å². The van der Waals surface area contributed by atoms with Gasteiger partial charge in [0.1, 0.15) is 5.82 Å². The maximum atomic E-state index is 11.5. The molecule has 1 atom stereocenters. The molecule has 0 saturated carbocycles. The first-order valence-corrected chi connectivity index (χ1v) is 11.3. The van der Waals surface area contributed by atoms with E-state index in [9.17, 15) is 9.59 Å². The van der Waals surface area contributed by atoms with Crippen LogP contribution in [0.15, 0.2) is 23.3 Å². The van der Waals surface area contributed by atoms with Crippen molar-refractivity contribution in [2.75, 3.05) is 37.6 Å². The first-order chi connectivity index (χ1) is 15.0. The van der Waals surface area contributed by atoms with Crippen LogP contribution in [0.25, 0.3) is 0 Å². The lowest BCUT2D eigenvalue weighted by Crippen LogP contribution is -2.47. The van der Waals surface area contributed by atoms with Gasteiger partial charge in [-0.2, -0.15) is 0 Å². The number of piperidine rings is 2. The molecule has 9 nitrogen and oxygen atoms in total. The summed E-state index contributed by atoms with van der Waals surface area (Å²) < 4.78 is 0. The second-order valence-electron chi connectivity index (χ2n) is 8.44. The molecule has 31 heavy (non-hydrogen) atoms. The molecule has 0 radical (unpaired) electrons. The molecule has 3 rings (SSSR count). The number of primary amides is 2. The van der Waals surface area contributed by atoms with Crippen LogP contribution in [0.1, 0.15) is 44.6 Å². The zero-order valence-corrected chi connectivity index (χ0v) is 18.4. The van der Waals surface area contributed by atoms with Crippen molar-refractivity contribution in [2.45, 2.75) is 45.6 Å². The summed E-state index contributed by atoms with van der Waals surface area (Å²) in [6, 6.07) is 3.99. The number of amides is 2. The Labute approximate surface area is 184 Å². The molecule has 1 aromatic heterocycles. The third-order valence-electron chi connectivity index (χ3n) is 6.11. The number of hydrogen-bond acceptors (Lipinski definition) is 5. The number of hydrogen-bond donors (Lipinski definition) is 3. The topological polar surface area (TPSA) is 130 Å². The molecule has 2 aliphatic rings. The molecule has 2 aliphatic heterocycles. The van der Waals surface area contributed by atoms with Crippen LogP contribution in [0.2, 0.25) is 0 Å². The highest BCUT2D eigenvalue weighted by atomic mass is 16.1. The smallest absolute Gasteiger partial charge is 0.220 e. The van der Waals surface area contributed by atoms with Crippen molar-refractivity contribution >= 4 is 23.6 Å². The first-order valence-electron chi connectivity index (χ1n) is 11.3. The minimum absolute atomic E-state index is 0.0470. The Kier molecular flexibility index (Phi) is 8.08. The van der Waals surface area contributed by atoms with Crippen LogP contribution >= 0.6 is 0 Å². The molecule has 0 bridgehead atoms. The number of carbonyl (C=O) groups is 2. The van der Waals surface area contributed by atoms with Crippen molar-refractivity contribution in [3.63, 3.8) is 0 Å². The molecule has 9 heteroatoms. The van der Waals surface area contributed by atoms with Crippen molar-refractivity contribution in [3.05, 3.63) is 23.9 Å². The first kappa shape index (κ1) is 22.8. The number of pyridine rings is 1. The van der Waals surface area contributed by atoms with Crippen molar-refractivity contribution < 1.29 is 9.59 Å². The third kappa shape index (κ3) is 6.32. The summed E-state index contributed by atoms with van der Waals surface area (Å²) in [4.78, 5) is 36.8. The lowest BCUT2D eigenvalue weighted by Gasteiger charge is -2.35. The van der Waals surface area contributed by atoms with Gasteiger partial charge in [0.25, 0.3) is 0 Å². The summed E-state index contributed by atoms with van der Waals surface area (Å²) in [7, 11) is 0. The van der Waals surface area contributed by atoms with E-state index in [4.69, 9.17) is 16.5 Å². The van der Waals surface area contributed by atoms with Gasteiger partial charge in [-0.25, -0.2) is 9.98 Å². The summed E-state index contributed by atoms with van der Waals surface area (Å²) in [6.07, 6.45) is 5.78. The quantitative estimate of drug-likeness (QED) is 0.435. The Morgan fingerprint density at radius 3 is 2.68 bits per heavy atom. The molecule has 170 valence electrons. The van der Waals surface area contributed by atoms with E-state index in [1.807, 2.05) is 6.07 Å². The maximum Gasteiger partial charge on any atom is 0.220 e. The number of guanidine groups is 1. The van der Waals surface area contributed by atoms with Gasteiger partial charge in [-0.1, -0.05) is 6.07 Å². The fourth-order valence-electron chi connectivity index (χ4n) is 4.51. The molecule has 2 amide bonds. The number of aromatic nitrogens is 1. The van der Waals surface area contributed by atoms with E-state index in [0.717, 1.165) is 75.7 Å². The number of aliphatic imine (C=N–C) groups is 1. The number of nitrogens with two attached hydrogens (primary N) is 2. The monoisotopic (exact) mass is 429 g/mol. The molecule has 2 fully saturated rings. The third-order valence-corrected chi connectivity index (χ3v) is 6.11. The van der Waals surface area contributed by atoms with Gasteiger partial charge in [0.15, 0.2) is 5.96 Å². The van der Waals surface area contributed by atoms with Crippen molar-refractivity contribution in [1.29, 1.82) is 0 Å². The van der Waals surface area contributed by atoms with Crippen LogP contribution < -0.4 is 21.7 Å². The summed E-state index contributed by atoms with van der Waals surface area (Å²) >= 11 is 0. The standard InChI is InChI=1S/C22H35N7O2/c1-2-25-22(29-10-4-5-16(15-29)13-19(23)30)27-14-18-6-3-9-26-21(18)28-11-7-17(8-12-28)20(24)31/h3,6,9,16-17H,2,4-5,7-8,10-15H2,1H3,(H2,23,30)(H2,24,31)(H,25,27). The lowest BCUT2D eigenvalue weighted by atomic mass is 9.95. The van der Waals surface area contributed by atoms with E-state index >= 15 is 0 Å². The number of rotatable bonds is 7. The Bertz CT molecular complexity index is 790. The van der Waals surface area contributed by atoms with E-state index in [-0.39, 0.29) is 23.7 Å². The molecule has 2 saturated heterocycles.